The Morgan fingerprint density at radius 2 is 0.534 bits per heavy atom. The molecule has 0 spiro atoms. The van der Waals surface area contributed by atoms with E-state index in [4.69, 9.17) is 14.2 Å². The summed E-state index contributed by atoms with van der Waals surface area (Å²) < 4.78 is 16.8. The Morgan fingerprint density at radius 3 is 0.836 bits per heavy atom. The van der Waals surface area contributed by atoms with Gasteiger partial charge < -0.3 is 14.2 Å². The van der Waals surface area contributed by atoms with Crippen LogP contribution in [0.4, 0.5) is 0 Å². The summed E-state index contributed by atoms with van der Waals surface area (Å²) >= 11 is 0. The zero-order valence-electron chi connectivity index (χ0n) is 48.4. The number of allylic oxidation sites excluding steroid dienone is 12. The molecule has 0 aliphatic rings. The van der Waals surface area contributed by atoms with Gasteiger partial charge in [-0.1, -0.05) is 299 Å². The van der Waals surface area contributed by atoms with Gasteiger partial charge in [0.05, 0.1) is 0 Å². The molecule has 0 rings (SSSR count). The molecule has 0 aromatic heterocycles. The Balaban J connectivity index is 4.04. The fourth-order valence-corrected chi connectivity index (χ4v) is 9.04. The third kappa shape index (κ3) is 59.6. The Labute approximate surface area is 453 Å². The molecule has 0 aromatic carbocycles. The fourth-order valence-electron chi connectivity index (χ4n) is 9.04. The van der Waals surface area contributed by atoms with Gasteiger partial charge in [0.2, 0.25) is 0 Å². The predicted molar refractivity (Wildman–Crippen MR) is 316 cm³/mol. The molecule has 0 aliphatic heterocycles. The van der Waals surface area contributed by atoms with Crippen molar-refractivity contribution in [3.8, 4) is 0 Å². The van der Waals surface area contributed by atoms with Crippen LogP contribution in [-0.2, 0) is 28.6 Å². The van der Waals surface area contributed by atoms with Gasteiger partial charge in [-0.25, -0.2) is 0 Å². The van der Waals surface area contributed by atoms with Crippen molar-refractivity contribution in [2.45, 2.75) is 322 Å². The summed E-state index contributed by atoms with van der Waals surface area (Å²) in [5.74, 6) is -0.878. The summed E-state index contributed by atoms with van der Waals surface area (Å²) in [4.78, 5) is 37.9. The van der Waals surface area contributed by atoms with Gasteiger partial charge in [-0.15, -0.1) is 0 Å². The molecule has 6 heteroatoms. The molecule has 0 N–H and O–H groups in total. The number of hydrogen-bond donors (Lipinski definition) is 0. The molecular weight excluding hydrogens is 901 g/mol. The number of esters is 3. The molecule has 0 bridgehead atoms. The molecule has 0 aromatic rings. The molecule has 0 fully saturated rings. The summed E-state index contributed by atoms with van der Waals surface area (Å²) in [7, 11) is 0. The normalized spacial score (nSPS) is 12.5. The van der Waals surface area contributed by atoms with E-state index in [2.05, 4.69) is 93.7 Å². The molecule has 0 saturated carbocycles. The van der Waals surface area contributed by atoms with Crippen molar-refractivity contribution in [3.05, 3.63) is 72.9 Å². The molecule has 1 atom stereocenters. The van der Waals surface area contributed by atoms with Crippen molar-refractivity contribution in [3.63, 3.8) is 0 Å². The highest BCUT2D eigenvalue weighted by atomic mass is 16.6. The summed E-state index contributed by atoms with van der Waals surface area (Å²) in [5.41, 5.74) is 0. The highest BCUT2D eigenvalue weighted by Gasteiger charge is 2.19. The monoisotopic (exact) mass is 1020 g/mol. The van der Waals surface area contributed by atoms with Gasteiger partial charge in [-0.3, -0.25) is 14.4 Å². The van der Waals surface area contributed by atoms with Crippen molar-refractivity contribution in [1.82, 2.24) is 0 Å². The van der Waals surface area contributed by atoms with E-state index in [0.29, 0.717) is 19.3 Å². The van der Waals surface area contributed by atoms with Gasteiger partial charge in [0, 0.05) is 19.3 Å². The molecule has 0 aliphatic carbocycles. The molecular formula is C67H118O6. The Bertz CT molecular complexity index is 1360. The summed E-state index contributed by atoms with van der Waals surface area (Å²) in [5, 5.41) is 0. The maximum absolute atomic E-state index is 12.8. The lowest BCUT2D eigenvalue weighted by Gasteiger charge is -2.18. The molecule has 1 unspecified atom stereocenters. The summed E-state index contributed by atoms with van der Waals surface area (Å²) in [6.07, 6.45) is 79.6. The minimum atomic E-state index is -0.771. The van der Waals surface area contributed by atoms with Crippen LogP contribution in [0.3, 0.4) is 0 Å². The number of ether oxygens (including phenoxy) is 3. The van der Waals surface area contributed by atoms with E-state index in [0.717, 1.165) is 103 Å². The van der Waals surface area contributed by atoms with Crippen LogP contribution in [0.5, 0.6) is 0 Å². The highest BCUT2D eigenvalue weighted by molar-refractivity contribution is 5.71. The van der Waals surface area contributed by atoms with E-state index in [-0.39, 0.29) is 31.1 Å². The molecule has 0 radical (unpaired) electrons. The summed E-state index contributed by atoms with van der Waals surface area (Å²) in [6, 6.07) is 0. The Kier molecular flexibility index (Phi) is 58.7. The lowest BCUT2D eigenvalue weighted by molar-refractivity contribution is -0.167. The largest absolute Gasteiger partial charge is 0.462 e. The molecule has 6 nitrogen and oxygen atoms in total. The van der Waals surface area contributed by atoms with E-state index in [1.54, 1.807) is 0 Å². The highest BCUT2D eigenvalue weighted by Crippen LogP contribution is 2.17. The quantitative estimate of drug-likeness (QED) is 0.0261. The predicted octanol–water partition coefficient (Wildman–Crippen LogP) is 21.3. The first-order valence-electron chi connectivity index (χ1n) is 31.4. The van der Waals surface area contributed by atoms with Crippen LogP contribution in [0.15, 0.2) is 72.9 Å². The van der Waals surface area contributed by atoms with Crippen molar-refractivity contribution in [1.29, 1.82) is 0 Å². The second-order valence-corrected chi connectivity index (χ2v) is 21.0. The minimum absolute atomic E-state index is 0.0738. The number of rotatable bonds is 57. The zero-order valence-corrected chi connectivity index (χ0v) is 48.4. The first-order valence-corrected chi connectivity index (χ1v) is 31.4. The van der Waals surface area contributed by atoms with Gasteiger partial charge in [0.1, 0.15) is 13.2 Å². The Hall–Kier alpha value is -3.15. The van der Waals surface area contributed by atoms with Crippen LogP contribution in [0.2, 0.25) is 0 Å². The lowest BCUT2D eigenvalue weighted by atomic mass is 10.0. The van der Waals surface area contributed by atoms with Crippen LogP contribution in [-0.4, -0.2) is 37.2 Å². The van der Waals surface area contributed by atoms with Crippen LogP contribution < -0.4 is 0 Å². The average Bonchev–Trinajstić information content (AvgIpc) is 3.39. The smallest absolute Gasteiger partial charge is 0.306 e. The maximum atomic E-state index is 12.8. The second-order valence-electron chi connectivity index (χ2n) is 21.0. The first kappa shape index (κ1) is 69.8. The van der Waals surface area contributed by atoms with E-state index in [1.165, 1.54) is 173 Å². The number of carbonyl (C=O) groups is 3. The zero-order chi connectivity index (χ0) is 52.9. The summed E-state index contributed by atoms with van der Waals surface area (Å²) in [6.45, 7) is 6.48. The third-order valence-electron chi connectivity index (χ3n) is 13.7. The fraction of sp³-hybridized carbons (Fsp3) is 0.776. The van der Waals surface area contributed by atoms with Gasteiger partial charge in [-0.2, -0.15) is 0 Å². The Morgan fingerprint density at radius 1 is 0.288 bits per heavy atom. The van der Waals surface area contributed by atoms with Crippen molar-refractivity contribution < 1.29 is 28.6 Å². The van der Waals surface area contributed by atoms with E-state index >= 15 is 0 Å². The van der Waals surface area contributed by atoms with Gasteiger partial charge in [-0.05, 0) is 70.6 Å². The van der Waals surface area contributed by atoms with Crippen molar-refractivity contribution in [2.75, 3.05) is 13.2 Å². The van der Waals surface area contributed by atoms with E-state index in [1.807, 2.05) is 0 Å². The SMILES string of the molecule is CC/C=C\C/C=C\C/C=C\C/C=C\C/C=C\C/C=C\CCCCCCCCCCCCC(=O)OCC(COC(=O)CCCCCCC)OC(=O)CCCCCCCCCCCCCCCCCCCCCCC. The van der Waals surface area contributed by atoms with Crippen LogP contribution in [0.1, 0.15) is 316 Å². The van der Waals surface area contributed by atoms with Gasteiger partial charge in [0.15, 0.2) is 6.10 Å². The second kappa shape index (κ2) is 61.4. The van der Waals surface area contributed by atoms with E-state index < -0.39 is 6.10 Å². The maximum Gasteiger partial charge on any atom is 0.306 e. The van der Waals surface area contributed by atoms with Crippen molar-refractivity contribution in [2.24, 2.45) is 0 Å². The van der Waals surface area contributed by atoms with Crippen LogP contribution >= 0.6 is 0 Å². The standard InChI is InChI=1S/C67H118O6/c1-4-7-10-13-15-17-19-21-23-25-27-29-30-31-32-33-34-35-36-38-39-41-43-45-47-49-51-54-57-60-66(69)72-63-64(62-71-65(68)59-56-53-12-9-6-3)73-67(70)61-58-55-52-50-48-46-44-42-40-37-28-26-24-22-20-18-16-14-11-8-5-2/h7,10,15,17,21,23,27,29,31-32,34-35,64H,4-6,8-9,11-14,16,18-20,22,24-26,28,30,33,36-63H2,1-3H3/b10-7-,17-15-,23-21-,29-27-,32-31-,35-34-. The number of carbonyl (C=O) groups excluding carboxylic acids is 3. The number of unbranched alkanes of at least 4 members (excludes halogenated alkanes) is 34. The van der Waals surface area contributed by atoms with Crippen LogP contribution in [0.25, 0.3) is 0 Å². The van der Waals surface area contributed by atoms with E-state index in [9.17, 15) is 14.4 Å². The first-order chi connectivity index (χ1) is 36.0. The number of hydrogen-bond acceptors (Lipinski definition) is 6. The molecule has 73 heavy (non-hydrogen) atoms. The lowest BCUT2D eigenvalue weighted by Crippen LogP contribution is -2.30. The molecule has 422 valence electrons. The minimum Gasteiger partial charge on any atom is -0.462 e. The van der Waals surface area contributed by atoms with Crippen molar-refractivity contribution >= 4 is 17.9 Å². The van der Waals surface area contributed by atoms with Crippen LogP contribution in [0, 0.1) is 0 Å². The molecule has 0 amide bonds. The average molecular weight is 1020 g/mol. The molecule has 0 heterocycles. The van der Waals surface area contributed by atoms with Gasteiger partial charge in [0.25, 0.3) is 0 Å². The molecule has 0 saturated heterocycles. The van der Waals surface area contributed by atoms with Gasteiger partial charge >= 0.3 is 17.9 Å². The third-order valence-corrected chi connectivity index (χ3v) is 13.7. The topological polar surface area (TPSA) is 78.9 Å².